The topological polar surface area (TPSA) is 143 Å². The fraction of sp³-hybridized carbons (Fsp3) is 0.381. The van der Waals surface area contributed by atoms with Crippen LogP contribution >= 0.6 is 0 Å². The van der Waals surface area contributed by atoms with Gasteiger partial charge in [0, 0.05) is 41.9 Å². The van der Waals surface area contributed by atoms with E-state index in [1.54, 1.807) is 24.9 Å². The lowest BCUT2D eigenvalue weighted by molar-refractivity contribution is -0.117. The van der Waals surface area contributed by atoms with Gasteiger partial charge in [0.05, 0.1) is 17.4 Å². The van der Waals surface area contributed by atoms with Gasteiger partial charge >= 0.3 is 6.55 Å². The molecule has 1 aliphatic carbocycles. The summed E-state index contributed by atoms with van der Waals surface area (Å²) < 4.78 is 48.7. The lowest BCUT2D eigenvalue weighted by Crippen LogP contribution is -2.28. The van der Waals surface area contributed by atoms with Crippen molar-refractivity contribution in [3.8, 4) is 11.3 Å². The fourth-order valence-corrected chi connectivity index (χ4v) is 3.84. The normalized spacial score (nSPS) is 18.1. The third-order valence-corrected chi connectivity index (χ3v) is 5.91. The van der Waals surface area contributed by atoms with Crippen LogP contribution in [0.3, 0.4) is 0 Å². The molecule has 2 amide bonds. The summed E-state index contributed by atoms with van der Waals surface area (Å²) in [6, 6.07) is 2.48. The minimum Gasteiger partial charge on any atom is -0.363 e. The monoisotopic (exact) mass is 487 g/mol. The molecule has 5 rings (SSSR count). The van der Waals surface area contributed by atoms with Crippen molar-refractivity contribution in [3.05, 3.63) is 29.7 Å². The van der Waals surface area contributed by atoms with Crippen molar-refractivity contribution in [1.29, 1.82) is 0 Å². The van der Waals surface area contributed by atoms with Crippen molar-refractivity contribution in [2.45, 2.75) is 32.4 Å². The smallest absolute Gasteiger partial charge is 0.348 e. The number of halogens is 2. The molecule has 4 heterocycles. The summed E-state index contributed by atoms with van der Waals surface area (Å²) in [5.41, 5.74) is 1.18. The predicted octanol–water partition coefficient (Wildman–Crippen LogP) is 2.49. The number of nitrogens with one attached hydrogen (secondary N) is 3. The highest BCUT2D eigenvalue weighted by molar-refractivity contribution is 6.00. The molecule has 0 spiro atoms. The highest BCUT2D eigenvalue weighted by Gasteiger charge is 2.34. The van der Waals surface area contributed by atoms with Crippen LogP contribution in [0.4, 0.5) is 31.8 Å². The van der Waals surface area contributed by atoms with Crippen molar-refractivity contribution >= 4 is 34.8 Å². The molecule has 0 saturated heterocycles. The molecule has 3 N–H and O–H groups in total. The average molecular weight is 487 g/mol. The molecule has 2 aliphatic rings. The van der Waals surface area contributed by atoms with E-state index in [0.717, 1.165) is 12.8 Å². The summed E-state index contributed by atoms with van der Waals surface area (Å²) in [7, 11) is 1.72. The first kappa shape index (κ1) is 19.1. The summed E-state index contributed by atoms with van der Waals surface area (Å²) >= 11 is 0. The minimum absolute atomic E-state index is 0.0110. The summed E-state index contributed by atoms with van der Waals surface area (Å²) in [5, 5.41) is 23.1. The number of anilines is 4. The molecule has 35 heavy (non-hydrogen) atoms. The maximum atomic E-state index is 13.3. The molecular formula is C21H22F2N10O2. The third kappa shape index (κ3) is 4.00. The van der Waals surface area contributed by atoms with Crippen molar-refractivity contribution in [2.24, 2.45) is 5.92 Å². The van der Waals surface area contributed by atoms with Crippen molar-refractivity contribution < 1.29 is 22.5 Å². The van der Waals surface area contributed by atoms with Crippen LogP contribution in [0.15, 0.2) is 18.3 Å². The van der Waals surface area contributed by atoms with Crippen LogP contribution in [-0.2, 0) is 4.79 Å². The molecular weight excluding hydrogens is 462 g/mol. The van der Waals surface area contributed by atoms with E-state index >= 15 is 0 Å². The fourth-order valence-electron chi connectivity index (χ4n) is 3.84. The zero-order valence-corrected chi connectivity index (χ0v) is 18.6. The van der Waals surface area contributed by atoms with Gasteiger partial charge in [-0.1, -0.05) is 0 Å². The van der Waals surface area contributed by atoms with Gasteiger partial charge < -0.3 is 20.9 Å². The molecule has 3 aromatic rings. The van der Waals surface area contributed by atoms with E-state index in [1.807, 2.05) is 5.32 Å². The Labute approximate surface area is 202 Å². The molecule has 1 aliphatic heterocycles. The van der Waals surface area contributed by atoms with E-state index in [0.29, 0.717) is 21.7 Å². The Kier molecular flexibility index (Phi) is 4.65. The van der Waals surface area contributed by atoms with Crippen molar-refractivity contribution in [1.82, 2.24) is 35.5 Å². The number of fused-ring (bicyclic) bond motifs is 3. The Morgan fingerprint density at radius 3 is 2.77 bits per heavy atom. The Morgan fingerprint density at radius 1 is 1.26 bits per heavy atom. The highest BCUT2D eigenvalue weighted by Crippen LogP contribution is 2.46. The lowest BCUT2D eigenvalue weighted by Gasteiger charge is -2.33. The van der Waals surface area contributed by atoms with Crippen molar-refractivity contribution in [3.63, 3.8) is 0 Å². The first-order chi connectivity index (χ1) is 17.9. The van der Waals surface area contributed by atoms with Gasteiger partial charge in [0.15, 0.2) is 17.3 Å². The molecule has 182 valence electrons. The number of carbonyl (C=O) groups excluding carboxylic acids is 2. The molecule has 14 heteroatoms. The number of rotatable bonds is 6. The molecule has 0 radical (unpaired) electrons. The van der Waals surface area contributed by atoms with Crippen LogP contribution in [0.5, 0.6) is 0 Å². The number of hydrogen-bond acceptors (Lipinski definition) is 9. The molecule has 1 saturated carbocycles. The van der Waals surface area contributed by atoms with Gasteiger partial charge in [0.2, 0.25) is 5.91 Å². The molecule has 0 unspecified atom stereocenters. The van der Waals surface area contributed by atoms with Gasteiger partial charge in [0.25, 0.3) is 5.91 Å². The number of carbonyl (C=O) groups is 2. The standard InChI is InChI=1S/C21H22F2N10O2/c1-9-14-15(31-33(30-14)21(22)23)11-6-7-25-18(17(11)32(9)3)26-12-8-13(27-19(34)10-4-5-10)28-29-16(12)20(35)24-2/h6-10,21H,4-5H2,1-3H3,(H,24,35)(H2,25,26,27,28,34)/t9-/m1/s1/i2D3. The Morgan fingerprint density at radius 2 is 2.06 bits per heavy atom. The Hall–Kier alpha value is -4.23. The number of aromatic nitrogens is 6. The molecule has 12 nitrogen and oxygen atoms in total. The number of hydrogen-bond donors (Lipinski definition) is 3. The zero-order chi connectivity index (χ0) is 27.4. The first-order valence-corrected chi connectivity index (χ1v) is 10.7. The quantitative estimate of drug-likeness (QED) is 0.478. The average Bonchev–Trinajstić information content (AvgIpc) is 3.59. The second kappa shape index (κ2) is 8.52. The van der Waals surface area contributed by atoms with E-state index in [-0.39, 0.29) is 40.5 Å². The number of pyridine rings is 1. The van der Waals surface area contributed by atoms with Crippen LogP contribution in [0, 0.1) is 5.92 Å². The second-order valence-corrected chi connectivity index (χ2v) is 8.21. The van der Waals surface area contributed by atoms with E-state index < -0.39 is 25.5 Å². The summed E-state index contributed by atoms with van der Waals surface area (Å²) in [6.45, 7) is -3.95. The Bertz CT molecular complexity index is 1430. The van der Waals surface area contributed by atoms with Crippen LogP contribution in [0.2, 0.25) is 0 Å². The lowest BCUT2D eigenvalue weighted by atomic mass is 9.99. The predicted molar refractivity (Wildman–Crippen MR) is 121 cm³/mol. The van der Waals surface area contributed by atoms with E-state index in [1.165, 1.54) is 12.3 Å². The maximum absolute atomic E-state index is 13.3. The van der Waals surface area contributed by atoms with Crippen LogP contribution in [0.1, 0.15) is 52.7 Å². The van der Waals surface area contributed by atoms with E-state index in [2.05, 4.69) is 36.0 Å². The van der Waals surface area contributed by atoms with Crippen LogP contribution in [-0.4, -0.2) is 56.0 Å². The summed E-state index contributed by atoms with van der Waals surface area (Å²) in [4.78, 5) is 31.4. The number of nitrogens with zero attached hydrogens (tertiary/aromatic N) is 7. The van der Waals surface area contributed by atoms with Gasteiger partial charge in [-0.15, -0.1) is 20.1 Å². The van der Waals surface area contributed by atoms with Gasteiger partial charge in [0.1, 0.15) is 11.4 Å². The molecule has 0 aromatic carbocycles. The third-order valence-electron chi connectivity index (χ3n) is 5.91. The largest absolute Gasteiger partial charge is 0.363 e. The van der Waals surface area contributed by atoms with Gasteiger partial charge in [-0.25, -0.2) is 4.98 Å². The first-order valence-electron chi connectivity index (χ1n) is 12.2. The number of amides is 2. The SMILES string of the molecule is [2H]C([2H])([2H])NC(=O)c1nnc(NC(=O)C2CC2)cc1Nc1nccc2c1N(C)[C@H](C)c1nn(C(F)F)nc1-2. The van der Waals surface area contributed by atoms with Crippen LogP contribution in [0.25, 0.3) is 11.3 Å². The Balaban J connectivity index is 1.57. The molecule has 3 aromatic heterocycles. The van der Waals surface area contributed by atoms with Gasteiger partial charge in [-0.2, -0.15) is 13.9 Å². The minimum atomic E-state index is -2.92. The maximum Gasteiger partial charge on any atom is 0.348 e. The summed E-state index contributed by atoms with van der Waals surface area (Å²) in [6.07, 6.45) is 2.93. The van der Waals surface area contributed by atoms with Gasteiger partial charge in [-0.3, -0.25) is 9.59 Å². The second-order valence-electron chi connectivity index (χ2n) is 8.21. The van der Waals surface area contributed by atoms with Crippen LogP contribution < -0.4 is 20.9 Å². The van der Waals surface area contributed by atoms with E-state index in [9.17, 15) is 18.4 Å². The molecule has 0 bridgehead atoms. The number of alkyl halides is 2. The highest BCUT2D eigenvalue weighted by atomic mass is 19.3. The molecule has 1 fully saturated rings. The zero-order valence-electron chi connectivity index (χ0n) is 21.6. The summed E-state index contributed by atoms with van der Waals surface area (Å²) in [5.74, 6) is -1.16. The van der Waals surface area contributed by atoms with Crippen molar-refractivity contribution in [2.75, 3.05) is 29.6 Å². The van der Waals surface area contributed by atoms with Gasteiger partial charge in [-0.05, 0) is 25.8 Å². The van der Waals surface area contributed by atoms with E-state index in [4.69, 9.17) is 4.11 Å². The molecule has 1 atom stereocenters.